The predicted molar refractivity (Wildman–Crippen MR) is 129 cm³/mol. The number of para-hydroxylation sites is 1. The van der Waals surface area contributed by atoms with Gasteiger partial charge < -0.3 is 15.2 Å². The van der Waals surface area contributed by atoms with Crippen molar-refractivity contribution >= 4 is 16.7 Å². The molecular weight excluding hydrogens is 384 g/mol. The summed E-state index contributed by atoms with van der Waals surface area (Å²) >= 11 is 0. The molecule has 3 N–H and O–H groups in total. The number of fused-ring (bicyclic) bond motifs is 1. The zero-order chi connectivity index (χ0) is 21.6. The first-order valence-corrected chi connectivity index (χ1v) is 11.4. The highest BCUT2D eigenvalue weighted by Gasteiger charge is 2.13. The van der Waals surface area contributed by atoms with Gasteiger partial charge in [0.15, 0.2) is 0 Å². The Morgan fingerprint density at radius 3 is 2.48 bits per heavy atom. The standard InChI is InChI=1S/C26H32N4O/c27-25(28)22-12-9-11-20(18-22)23-19-21-10-3-4-13-24(21)30(26(23)31)17-8-2-7-16-29-14-5-1-6-15-29/h3-4,9-13,18-19H,1-2,5-8,14-17H2,(H3,27,28). The molecule has 2 aromatic carbocycles. The largest absolute Gasteiger partial charge is 0.384 e. The van der Waals surface area contributed by atoms with E-state index in [-0.39, 0.29) is 11.4 Å². The van der Waals surface area contributed by atoms with E-state index in [0.717, 1.165) is 35.9 Å². The molecule has 0 spiro atoms. The second kappa shape index (κ2) is 9.92. The van der Waals surface area contributed by atoms with Gasteiger partial charge in [0.25, 0.3) is 5.56 Å². The molecule has 5 heteroatoms. The summed E-state index contributed by atoms with van der Waals surface area (Å²) in [6.45, 7) is 4.38. The van der Waals surface area contributed by atoms with Crippen LogP contribution in [-0.2, 0) is 6.54 Å². The Kier molecular flexibility index (Phi) is 6.82. The summed E-state index contributed by atoms with van der Waals surface area (Å²) in [6, 6.07) is 17.4. The lowest BCUT2D eigenvalue weighted by atomic mass is 10.0. The number of nitrogens with two attached hydrogens (primary N) is 1. The lowest BCUT2D eigenvalue weighted by molar-refractivity contribution is 0.224. The topological polar surface area (TPSA) is 75.1 Å². The number of amidine groups is 1. The first-order chi connectivity index (χ1) is 15.1. The Morgan fingerprint density at radius 1 is 0.903 bits per heavy atom. The molecule has 162 valence electrons. The van der Waals surface area contributed by atoms with Crippen LogP contribution in [0.2, 0.25) is 0 Å². The van der Waals surface area contributed by atoms with Crippen LogP contribution in [0.3, 0.4) is 0 Å². The van der Waals surface area contributed by atoms with Crippen LogP contribution in [0.15, 0.2) is 59.4 Å². The number of hydrogen-bond acceptors (Lipinski definition) is 3. The van der Waals surface area contributed by atoms with Crippen LogP contribution >= 0.6 is 0 Å². The van der Waals surface area contributed by atoms with Crippen LogP contribution in [0.25, 0.3) is 22.0 Å². The van der Waals surface area contributed by atoms with E-state index >= 15 is 0 Å². The minimum Gasteiger partial charge on any atom is -0.384 e. The Hall–Kier alpha value is -2.92. The van der Waals surface area contributed by atoms with Crippen molar-refractivity contribution in [2.45, 2.75) is 45.1 Å². The van der Waals surface area contributed by atoms with Crippen LogP contribution in [-0.4, -0.2) is 34.9 Å². The predicted octanol–water partition coefficient (Wildman–Crippen LogP) is 4.61. The van der Waals surface area contributed by atoms with Gasteiger partial charge in [0.2, 0.25) is 0 Å². The van der Waals surface area contributed by atoms with Crippen LogP contribution in [0, 0.1) is 5.41 Å². The van der Waals surface area contributed by atoms with Gasteiger partial charge >= 0.3 is 0 Å². The first-order valence-electron chi connectivity index (χ1n) is 11.4. The summed E-state index contributed by atoms with van der Waals surface area (Å²) in [5.74, 6) is 0.0108. The van der Waals surface area contributed by atoms with Crippen molar-refractivity contribution in [3.63, 3.8) is 0 Å². The maximum Gasteiger partial charge on any atom is 0.258 e. The quantitative estimate of drug-likeness (QED) is 0.320. The number of unbranched alkanes of at least 4 members (excludes halogenated alkanes) is 2. The van der Waals surface area contributed by atoms with Crippen molar-refractivity contribution < 1.29 is 0 Å². The highest BCUT2D eigenvalue weighted by atomic mass is 16.1. The molecule has 1 aromatic heterocycles. The molecule has 5 nitrogen and oxygen atoms in total. The highest BCUT2D eigenvalue weighted by molar-refractivity contribution is 5.96. The summed E-state index contributed by atoms with van der Waals surface area (Å²) in [6.07, 6.45) is 7.35. The molecule has 0 saturated carbocycles. The van der Waals surface area contributed by atoms with E-state index in [1.807, 2.05) is 47.0 Å². The normalized spacial score (nSPS) is 14.7. The molecule has 3 aromatic rings. The summed E-state index contributed by atoms with van der Waals surface area (Å²) in [4.78, 5) is 16.0. The summed E-state index contributed by atoms with van der Waals surface area (Å²) in [7, 11) is 0. The van der Waals surface area contributed by atoms with Crippen molar-refractivity contribution in [3.05, 3.63) is 70.5 Å². The van der Waals surface area contributed by atoms with Crippen LogP contribution in [0.1, 0.15) is 44.1 Å². The number of likely N-dealkylation sites (tertiary alicyclic amines) is 1. The number of nitrogens with zero attached hydrogens (tertiary/aromatic N) is 2. The molecule has 0 unspecified atom stereocenters. The first kappa shape index (κ1) is 21.3. The number of pyridine rings is 1. The number of benzene rings is 2. The van der Waals surface area contributed by atoms with Gasteiger partial charge in [-0.05, 0) is 74.5 Å². The van der Waals surface area contributed by atoms with Crippen LogP contribution in [0.4, 0.5) is 0 Å². The van der Waals surface area contributed by atoms with Gasteiger partial charge in [-0.2, -0.15) is 0 Å². The Labute approximate surface area is 184 Å². The highest BCUT2D eigenvalue weighted by Crippen LogP contribution is 2.22. The van der Waals surface area contributed by atoms with Crippen molar-refractivity contribution in [1.82, 2.24) is 9.47 Å². The minimum absolute atomic E-state index is 0.0108. The Balaban J connectivity index is 1.54. The van der Waals surface area contributed by atoms with Gasteiger partial charge in [0.05, 0.1) is 5.52 Å². The molecule has 0 atom stereocenters. The smallest absolute Gasteiger partial charge is 0.258 e. The van der Waals surface area contributed by atoms with Crippen molar-refractivity contribution in [1.29, 1.82) is 5.41 Å². The maximum atomic E-state index is 13.4. The number of aromatic nitrogens is 1. The van der Waals surface area contributed by atoms with Gasteiger partial charge in [-0.15, -0.1) is 0 Å². The Bertz CT molecular complexity index is 1110. The van der Waals surface area contributed by atoms with E-state index in [1.54, 1.807) is 6.07 Å². The number of hydrogen-bond donors (Lipinski definition) is 2. The van der Waals surface area contributed by atoms with Crippen LogP contribution in [0.5, 0.6) is 0 Å². The molecule has 0 radical (unpaired) electrons. The van der Waals surface area contributed by atoms with Gasteiger partial charge in [0, 0.05) is 17.7 Å². The summed E-state index contributed by atoms with van der Waals surface area (Å²) < 4.78 is 1.92. The summed E-state index contributed by atoms with van der Waals surface area (Å²) in [5.41, 5.74) is 8.77. The number of aryl methyl sites for hydroxylation is 1. The molecule has 31 heavy (non-hydrogen) atoms. The third kappa shape index (κ3) is 5.05. The lowest BCUT2D eigenvalue weighted by Crippen LogP contribution is -2.30. The van der Waals surface area contributed by atoms with E-state index in [1.165, 1.54) is 45.3 Å². The lowest BCUT2D eigenvalue weighted by Gasteiger charge is -2.26. The van der Waals surface area contributed by atoms with Crippen molar-refractivity contribution in [2.24, 2.45) is 5.73 Å². The van der Waals surface area contributed by atoms with Crippen molar-refractivity contribution in [3.8, 4) is 11.1 Å². The third-order valence-corrected chi connectivity index (χ3v) is 6.29. The molecular formula is C26H32N4O. The average Bonchev–Trinajstić information content (AvgIpc) is 2.80. The summed E-state index contributed by atoms with van der Waals surface area (Å²) in [5, 5.41) is 8.77. The van der Waals surface area contributed by atoms with E-state index in [2.05, 4.69) is 11.0 Å². The van der Waals surface area contributed by atoms with Gasteiger partial charge in [-0.3, -0.25) is 10.2 Å². The minimum atomic E-state index is 0.0108. The number of piperidine rings is 1. The van der Waals surface area contributed by atoms with E-state index in [9.17, 15) is 4.79 Å². The van der Waals surface area contributed by atoms with E-state index in [4.69, 9.17) is 11.1 Å². The average molecular weight is 417 g/mol. The maximum absolute atomic E-state index is 13.4. The number of nitrogen functional groups attached to an aromatic ring is 1. The van der Waals surface area contributed by atoms with Gasteiger partial charge in [-0.1, -0.05) is 49.2 Å². The fraction of sp³-hybridized carbons (Fsp3) is 0.385. The molecule has 0 aliphatic carbocycles. The van der Waals surface area contributed by atoms with E-state index < -0.39 is 0 Å². The molecule has 0 amide bonds. The van der Waals surface area contributed by atoms with Crippen LogP contribution < -0.4 is 11.3 Å². The number of rotatable bonds is 8. The van der Waals surface area contributed by atoms with Crippen molar-refractivity contribution in [2.75, 3.05) is 19.6 Å². The fourth-order valence-corrected chi connectivity index (χ4v) is 4.58. The Morgan fingerprint density at radius 2 is 1.68 bits per heavy atom. The molecule has 1 aliphatic rings. The number of nitrogens with one attached hydrogen (secondary N) is 1. The second-order valence-corrected chi connectivity index (χ2v) is 8.53. The molecule has 0 bridgehead atoms. The molecule has 4 rings (SSSR count). The molecule has 2 heterocycles. The fourth-order valence-electron chi connectivity index (χ4n) is 4.58. The van der Waals surface area contributed by atoms with E-state index in [0.29, 0.717) is 11.1 Å². The molecule has 1 aliphatic heterocycles. The van der Waals surface area contributed by atoms with Gasteiger partial charge in [0.1, 0.15) is 5.84 Å². The second-order valence-electron chi connectivity index (χ2n) is 8.53. The molecule has 1 fully saturated rings. The zero-order valence-corrected chi connectivity index (χ0v) is 18.1. The molecule has 1 saturated heterocycles. The third-order valence-electron chi connectivity index (χ3n) is 6.29. The monoisotopic (exact) mass is 416 g/mol. The van der Waals surface area contributed by atoms with Gasteiger partial charge in [-0.25, -0.2) is 0 Å². The zero-order valence-electron chi connectivity index (χ0n) is 18.1. The SMILES string of the molecule is N=C(N)c1cccc(-c2cc3ccccc3n(CCCCCN3CCCCC3)c2=O)c1.